The second-order valence-electron chi connectivity index (χ2n) is 2.55. The number of alkyl halides is 2. The molecule has 0 spiro atoms. The topological polar surface area (TPSA) is 78.1 Å². The molecule has 82 valence electrons. The summed E-state index contributed by atoms with van der Waals surface area (Å²) in [6, 6.07) is 0. The zero-order valence-corrected chi connectivity index (χ0v) is 7.91. The Labute approximate surface area is 84.3 Å². The van der Waals surface area contributed by atoms with E-state index in [1.165, 1.54) is 0 Å². The van der Waals surface area contributed by atoms with Crippen LogP contribution in [0.15, 0.2) is 6.20 Å². The van der Waals surface area contributed by atoms with Crippen molar-refractivity contribution < 1.29 is 18.3 Å². The molecule has 0 atom stereocenters. The van der Waals surface area contributed by atoms with Gasteiger partial charge >= 0.3 is 5.97 Å². The molecule has 7 heteroatoms. The molecule has 2 N–H and O–H groups in total. The molecule has 5 nitrogen and oxygen atoms in total. The number of rotatable bonds is 3. The van der Waals surface area contributed by atoms with E-state index in [0.29, 0.717) is 0 Å². The molecule has 0 unspecified atom stereocenters. The van der Waals surface area contributed by atoms with Gasteiger partial charge < -0.3 is 10.5 Å². The summed E-state index contributed by atoms with van der Waals surface area (Å²) in [7, 11) is 0. The number of esters is 1. The number of halogens is 2. The lowest BCUT2D eigenvalue weighted by molar-refractivity contribution is 0.0513. The summed E-state index contributed by atoms with van der Waals surface area (Å²) in [6.45, 7) is 1.66. The average Bonchev–Trinajstić information content (AvgIpc) is 2.17. The summed E-state index contributed by atoms with van der Waals surface area (Å²) < 4.78 is 29.5. The predicted octanol–water partition coefficient (Wildman–Crippen LogP) is 1.17. The van der Waals surface area contributed by atoms with Gasteiger partial charge in [0.1, 0.15) is 11.3 Å². The molecule has 1 aromatic heterocycles. The van der Waals surface area contributed by atoms with Gasteiger partial charge in [-0.15, -0.1) is 0 Å². The lowest BCUT2D eigenvalue weighted by Gasteiger charge is -2.06. The number of anilines is 1. The fourth-order valence-electron chi connectivity index (χ4n) is 0.942. The van der Waals surface area contributed by atoms with Gasteiger partial charge in [0.2, 0.25) is 5.95 Å². The normalized spacial score (nSPS) is 10.4. The van der Waals surface area contributed by atoms with Crippen LogP contribution in [0.25, 0.3) is 0 Å². The molecule has 1 rings (SSSR count). The molecule has 0 saturated carbocycles. The van der Waals surface area contributed by atoms with Gasteiger partial charge in [0.25, 0.3) is 6.43 Å². The minimum absolute atomic E-state index is 0.0892. The van der Waals surface area contributed by atoms with Crippen molar-refractivity contribution >= 4 is 11.9 Å². The SMILES string of the molecule is CCOC(=O)c1cnc(N)nc1C(F)F. The average molecular weight is 217 g/mol. The third-order valence-corrected chi connectivity index (χ3v) is 1.54. The Morgan fingerprint density at radius 3 is 2.87 bits per heavy atom. The van der Waals surface area contributed by atoms with E-state index in [1.807, 2.05) is 0 Å². The van der Waals surface area contributed by atoms with Crippen molar-refractivity contribution in [2.24, 2.45) is 0 Å². The van der Waals surface area contributed by atoms with E-state index in [0.717, 1.165) is 6.20 Å². The van der Waals surface area contributed by atoms with E-state index in [9.17, 15) is 13.6 Å². The molecule has 1 aromatic rings. The zero-order chi connectivity index (χ0) is 11.4. The lowest BCUT2D eigenvalue weighted by atomic mass is 10.2. The molecular formula is C8H9F2N3O2. The number of carbonyl (C=O) groups is 1. The van der Waals surface area contributed by atoms with Crippen molar-refractivity contribution in [3.63, 3.8) is 0 Å². The molecule has 0 aliphatic rings. The molecular weight excluding hydrogens is 208 g/mol. The maximum atomic E-state index is 12.5. The van der Waals surface area contributed by atoms with Crippen molar-refractivity contribution in [1.29, 1.82) is 0 Å². The highest BCUT2D eigenvalue weighted by molar-refractivity contribution is 5.90. The first-order valence-corrected chi connectivity index (χ1v) is 4.14. The minimum atomic E-state index is -2.89. The Morgan fingerprint density at radius 1 is 1.67 bits per heavy atom. The van der Waals surface area contributed by atoms with Crippen LogP contribution in [0.5, 0.6) is 0 Å². The number of nitrogens with zero attached hydrogens (tertiary/aromatic N) is 2. The highest BCUT2D eigenvalue weighted by Gasteiger charge is 2.21. The van der Waals surface area contributed by atoms with E-state index in [4.69, 9.17) is 5.73 Å². The van der Waals surface area contributed by atoms with Crippen molar-refractivity contribution in [3.05, 3.63) is 17.5 Å². The highest BCUT2D eigenvalue weighted by atomic mass is 19.3. The second-order valence-corrected chi connectivity index (χ2v) is 2.55. The van der Waals surface area contributed by atoms with E-state index in [2.05, 4.69) is 14.7 Å². The second kappa shape index (κ2) is 4.63. The molecule has 0 amide bonds. The summed E-state index contributed by atoms with van der Waals surface area (Å²) in [5.74, 6) is -1.19. The van der Waals surface area contributed by atoms with Crippen LogP contribution in [-0.2, 0) is 4.74 Å². The maximum Gasteiger partial charge on any atom is 0.341 e. The van der Waals surface area contributed by atoms with Crippen molar-refractivity contribution in [1.82, 2.24) is 9.97 Å². The molecule has 0 radical (unpaired) electrons. The number of aromatic nitrogens is 2. The summed E-state index contributed by atoms with van der Waals surface area (Å²) in [6.07, 6.45) is -1.96. The van der Waals surface area contributed by atoms with Crippen LogP contribution >= 0.6 is 0 Å². The number of carbonyl (C=O) groups excluding carboxylic acids is 1. The van der Waals surface area contributed by atoms with Crippen LogP contribution in [0.2, 0.25) is 0 Å². The van der Waals surface area contributed by atoms with E-state index in [-0.39, 0.29) is 18.1 Å². The highest BCUT2D eigenvalue weighted by Crippen LogP contribution is 2.21. The number of nitrogen functional groups attached to an aromatic ring is 1. The Kier molecular flexibility index (Phi) is 3.48. The fourth-order valence-corrected chi connectivity index (χ4v) is 0.942. The first-order valence-electron chi connectivity index (χ1n) is 4.14. The molecule has 0 aromatic carbocycles. The predicted molar refractivity (Wildman–Crippen MR) is 47.4 cm³/mol. The third-order valence-electron chi connectivity index (χ3n) is 1.54. The Hall–Kier alpha value is -1.79. The van der Waals surface area contributed by atoms with Crippen LogP contribution in [-0.4, -0.2) is 22.5 Å². The van der Waals surface area contributed by atoms with Crippen LogP contribution in [0.4, 0.5) is 14.7 Å². The Morgan fingerprint density at radius 2 is 2.33 bits per heavy atom. The Bertz CT molecular complexity index is 371. The van der Waals surface area contributed by atoms with E-state index >= 15 is 0 Å². The summed E-state index contributed by atoms with van der Waals surface area (Å²) in [5.41, 5.74) is 4.06. The van der Waals surface area contributed by atoms with E-state index < -0.39 is 18.1 Å². The van der Waals surface area contributed by atoms with Crippen LogP contribution in [0, 0.1) is 0 Å². The van der Waals surface area contributed by atoms with Gasteiger partial charge in [-0.25, -0.2) is 23.5 Å². The van der Waals surface area contributed by atoms with E-state index in [1.54, 1.807) is 6.92 Å². The lowest BCUT2D eigenvalue weighted by Crippen LogP contribution is -2.12. The number of nitrogens with two attached hydrogens (primary N) is 1. The summed E-state index contributed by atoms with van der Waals surface area (Å²) in [4.78, 5) is 18.0. The van der Waals surface area contributed by atoms with Crippen LogP contribution in [0.3, 0.4) is 0 Å². The van der Waals surface area contributed by atoms with Gasteiger partial charge in [-0.2, -0.15) is 0 Å². The first-order chi connectivity index (χ1) is 7.06. The van der Waals surface area contributed by atoms with Gasteiger partial charge in [0.15, 0.2) is 0 Å². The molecule has 0 aliphatic heterocycles. The monoisotopic (exact) mass is 217 g/mol. The summed E-state index contributed by atoms with van der Waals surface area (Å²) >= 11 is 0. The largest absolute Gasteiger partial charge is 0.462 e. The van der Waals surface area contributed by atoms with Crippen molar-refractivity contribution in [3.8, 4) is 0 Å². The fraction of sp³-hybridized carbons (Fsp3) is 0.375. The van der Waals surface area contributed by atoms with Crippen LogP contribution in [0.1, 0.15) is 29.4 Å². The van der Waals surface area contributed by atoms with Gasteiger partial charge in [0.05, 0.1) is 6.61 Å². The zero-order valence-electron chi connectivity index (χ0n) is 7.91. The smallest absolute Gasteiger partial charge is 0.341 e. The quantitative estimate of drug-likeness (QED) is 0.769. The van der Waals surface area contributed by atoms with Crippen molar-refractivity contribution in [2.75, 3.05) is 12.3 Å². The molecule has 15 heavy (non-hydrogen) atoms. The van der Waals surface area contributed by atoms with Crippen molar-refractivity contribution in [2.45, 2.75) is 13.3 Å². The molecule has 0 saturated heterocycles. The number of hydrogen-bond donors (Lipinski definition) is 1. The molecule has 0 bridgehead atoms. The third kappa shape index (κ3) is 2.58. The number of ether oxygens (including phenoxy) is 1. The van der Waals surface area contributed by atoms with Gasteiger partial charge in [-0.1, -0.05) is 0 Å². The Balaban J connectivity index is 3.11. The molecule has 0 aliphatic carbocycles. The molecule has 1 heterocycles. The minimum Gasteiger partial charge on any atom is -0.462 e. The first kappa shape index (κ1) is 11.3. The summed E-state index contributed by atoms with van der Waals surface area (Å²) in [5, 5.41) is 0. The molecule has 0 fully saturated rings. The van der Waals surface area contributed by atoms with Crippen LogP contribution < -0.4 is 5.73 Å². The van der Waals surface area contributed by atoms with Gasteiger partial charge in [-0.05, 0) is 6.92 Å². The number of hydrogen-bond acceptors (Lipinski definition) is 5. The van der Waals surface area contributed by atoms with Gasteiger partial charge in [0, 0.05) is 6.20 Å². The maximum absolute atomic E-state index is 12.5. The van der Waals surface area contributed by atoms with Gasteiger partial charge in [-0.3, -0.25) is 0 Å². The standard InChI is InChI=1S/C8H9F2N3O2/c1-2-15-7(14)4-3-12-8(11)13-5(4)6(9)10/h3,6H,2H2,1H3,(H2,11,12,13).